The summed E-state index contributed by atoms with van der Waals surface area (Å²) in [4.78, 5) is 37.7. The quantitative estimate of drug-likeness (QED) is 0.243. The van der Waals surface area contributed by atoms with Gasteiger partial charge in [0.15, 0.2) is 0 Å². The van der Waals surface area contributed by atoms with E-state index in [1.165, 1.54) is 0 Å². The number of nitrogens with two attached hydrogens (primary N) is 1. The maximum Gasteiger partial charge on any atom is 0.409 e. The van der Waals surface area contributed by atoms with Crippen molar-refractivity contribution in [2.45, 2.75) is 43.4 Å². The zero-order valence-electron chi connectivity index (χ0n) is 22.1. The lowest BCUT2D eigenvalue weighted by molar-refractivity contribution is -0.117. The molecule has 4 rings (SSSR count). The zero-order chi connectivity index (χ0) is 29.6. The highest BCUT2D eigenvalue weighted by Gasteiger charge is 2.67. The van der Waals surface area contributed by atoms with Crippen LogP contribution in [0.5, 0.6) is 5.75 Å². The van der Waals surface area contributed by atoms with Crippen molar-refractivity contribution in [2.24, 2.45) is 11.7 Å². The molecule has 0 aliphatic heterocycles. The fraction of sp³-hybridized carbons (Fsp3) is 0.276. The fourth-order valence-electron chi connectivity index (χ4n) is 4.92. The van der Waals surface area contributed by atoms with Crippen molar-refractivity contribution >= 4 is 75.7 Å². The molecule has 0 bridgehead atoms. The number of carbonyl (C=O) groups is 3. The van der Waals surface area contributed by atoms with E-state index in [0.29, 0.717) is 38.3 Å². The van der Waals surface area contributed by atoms with Gasteiger partial charge in [0.25, 0.3) is 5.91 Å². The summed E-state index contributed by atoms with van der Waals surface area (Å²) in [5.74, 6) is -1.72. The monoisotopic (exact) mass is 621 g/mol. The zero-order valence-corrected chi connectivity index (χ0v) is 25.1. The lowest BCUT2D eigenvalue weighted by Crippen LogP contribution is -2.22. The van der Waals surface area contributed by atoms with E-state index in [4.69, 9.17) is 56.9 Å². The van der Waals surface area contributed by atoms with Crippen molar-refractivity contribution in [1.82, 2.24) is 0 Å². The Balaban J connectivity index is 1.52. The second-order valence-electron chi connectivity index (χ2n) is 10.6. The van der Waals surface area contributed by atoms with E-state index in [1.54, 1.807) is 54.6 Å². The molecule has 3 aromatic rings. The van der Waals surface area contributed by atoms with Crippen molar-refractivity contribution in [1.29, 1.82) is 0 Å². The molecule has 0 aromatic heterocycles. The molecule has 1 fully saturated rings. The van der Waals surface area contributed by atoms with Crippen molar-refractivity contribution in [3.63, 3.8) is 0 Å². The first-order valence-electron chi connectivity index (χ1n) is 12.3. The Labute approximate surface area is 252 Å². The first-order chi connectivity index (χ1) is 18.6. The van der Waals surface area contributed by atoms with Crippen LogP contribution in [0.15, 0.2) is 54.6 Å². The highest BCUT2D eigenvalue weighted by molar-refractivity contribution is 6.53. The number of alkyl halides is 2. The highest BCUT2D eigenvalue weighted by atomic mass is 35.5. The molecular formula is C29H27Cl4N3O4. The van der Waals surface area contributed by atoms with Crippen LogP contribution in [-0.2, 0) is 10.2 Å². The molecule has 3 amide bonds. The molecule has 1 aliphatic rings. The number of primary amides is 1. The van der Waals surface area contributed by atoms with Crippen LogP contribution >= 0.6 is 46.4 Å². The van der Waals surface area contributed by atoms with Gasteiger partial charge in [-0.3, -0.25) is 9.59 Å². The van der Waals surface area contributed by atoms with Gasteiger partial charge in [0.05, 0.1) is 5.92 Å². The number of benzene rings is 3. The van der Waals surface area contributed by atoms with Gasteiger partial charge >= 0.3 is 6.09 Å². The van der Waals surface area contributed by atoms with E-state index < -0.39 is 39.5 Å². The molecule has 7 nitrogen and oxygen atoms in total. The van der Waals surface area contributed by atoms with Gasteiger partial charge in [0.2, 0.25) is 5.91 Å². The van der Waals surface area contributed by atoms with Crippen LogP contribution in [-0.4, -0.2) is 22.2 Å². The molecular weight excluding hydrogens is 596 g/mol. The third kappa shape index (κ3) is 6.33. The number of hydrogen-bond donors (Lipinski definition) is 3. The summed E-state index contributed by atoms with van der Waals surface area (Å²) in [5.41, 5.74) is 8.19. The Morgan fingerprint density at radius 2 is 1.60 bits per heavy atom. The van der Waals surface area contributed by atoms with Gasteiger partial charge in [0, 0.05) is 38.5 Å². The minimum atomic E-state index is -1.33. The summed E-state index contributed by atoms with van der Waals surface area (Å²) in [5, 5.41) is 6.52. The second-order valence-corrected chi connectivity index (χ2v) is 13.0. The maximum atomic E-state index is 13.2. The predicted molar refractivity (Wildman–Crippen MR) is 160 cm³/mol. The third-order valence-electron chi connectivity index (χ3n) is 6.61. The number of rotatable bonds is 6. The van der Waals surface area contributed by atoms with Crippen molar-refractivity contribution < 1.29 is 19.1 Å². The number of anilines is 2. The molecule has 0 spiro atoms. The summed E-state index contributed by atoms with van der Waals surface area (Å²) >= 11 is 25.2. The largest absolute Gasteiger partial charge is 0.410 e. The summed E-state index contributed by atoms with van der Waals surface area (Å²) < 4.78 is 3.86. The molecule has 2 unspecified atom stereocenters. The molecule has 40 heavy (non-hydrogen) atoms. The highest BCUT2D eigenvalue weighted by Crippen LogP contribution is 2.65. The number of hydrogen-bond acceptors (Lipinski definition) is 4. The van der Waals surface area contributed by atoms with Gasteiger partial charge in [-0.2, -0.15) is 0 Å². The van der Waals surface area contributed by atoms with Crippen molar-refractivity contribution in [3.05, 3.63) is 86.9 Å². The standard InChI is InChI=1S/C29H27Cl4N3O4/c1-14-20(8-9-21(40-27(34)39)22(14)28(2,3)4)36-25(37)15-6-5-7-19(12-15)35-26(38)24-23(29(24,32)33)16-10-17(30)13-18(31)11-16/h5-13,23-24H,1-4H3,(H2,34,39)(H,35,38)(H,36,37). The van der Waals surface area contributed by atoms with Gasteiger partial charge in [-0.1, -0.05) is 50.0 Å². The Kier molecular flexibility index (Phi) is 8.35. The first-order valence-corrected chi connectivity index (χ1v) is 13.8. The van der Waals surface area contributed by atoms with E-state index in [0.717, 1.165) is 11.1 Å². The predicted octanol–water partition coefficient (Wildman–Crippen LogP) is 7.84. The van der Waals surface area contributed by atoms with Crippen molar-refractivity contribution in [3.8, 4) is 5.75 Å². The van der Waals surface area contributed by atoms with E-state index >= 15 is 0 Å². The number of ether oxygens (including phenoxy) is 1. The summed E-state index contributed by atoms with van der Waals surface area (Å²) in [6, 6.07) is 14.6. The minimum absolute atomic E-state index is 0.309. The van der Waals surface area contributed by atoms with Crippen LogP contribution in [0.4, 0.5) is 16.2 Å². The number of halogens is 4. The molecule has 11 heteroatoms. The summed E-state index contributed by atoms with van der Waals surface area (Å²) in [7, 11) is 0. The van der Waals surface area contributed by atoms with Gasteiger partial charge < -0.3 is 21.1 Å². The van der Waals surface area contributed by atoms with E-state index in [2.05, 4.69) is 10.6 Å². The van der Waals surface area contributed by atoms with Crippen LogP contribution in [0.3, 0.4) is 0 Å². The second kappa shape index (κ2) is 11.1. The van der Waals surface area contributed by atoms with Gasteiger partial charge in [0.1, 0.15) is 10.1 Å². The Bertz CT molecular complexity index is 1500. The van der Waals surface area contributed by atoms with Crippen molar-refractivity contribution in [2.75, 3.05) is 10.6 Å². The van der Waals surface area contributed by atoms with Crippen LogP contribution < -0.4 is 21.1 Å². The molecule has 1 saturated carbocycles. The average Bonchev–Trinajstić information content (AvgIpc) is 3.41. The molecule has 1 aliphatic carbocycles. The van der Waals surface area contributed by atoms with Crippen LogP contribution in [0, 0.1) is 12.8 Å². The topological polar surface area (TPSA) is 111 Å². The van der Waals surface area contributed by atoms with E-state index in [9.17, 15) is 14.4 Å². The van der Waals surface area contributed by atoms with Crippen LogP contribution in [0.2, 0.25) is 10.0 Å². The Morgan fingerprint density at radius 3 is 2.20 bits per heavy atom. The molecule has 0 heterocycles. The lowest BCUT2D eigenvalue weighted by Gasteiger charge is -2.26. The maximum absolute atomic E-state index is 13.2. The first kappa shape index (κ1) is 30.0. The normalized spacial score (nSPS) is 17.6. The number of amides is 3. The fourth-order valence-corrected chi connectivity index (χ4v) is 6.29. The van der Waals surface area contributed by atoms with Crippen LogP contribution in [0.25, 0.3) is 0 Å². The smallest absolute Gasteiger partial charge is 0.409 e. The number of nitrogens with one attached hydrogen (secondary N) is 2. The third-order valence-corrected chi connectivity index (χ3v) is 7.98. The SMILES string of the molecule is Cc1c(NC(=O)c2cccc(NC(=O)C3C(c4cc(Cl)cc(Cl)c4)C3(Cl)Cl)c2)ccc(OC(N)=O)c1C(C)(C)C. The summed E-state index contributed by atoms with van der Waals surface area (Å²) in [6.07, 6.45) is -0.921. The molecule has 3 aromatic carbocycles. The van der Waals surface area contributed by atoms with E-state index in [-0.39, 0.29) is 0 Å². The van der Waals surface area contributed by atoms with Gasteiger partial charge in [-0.15, -0.1) is 23.2 Å². The minimum Gasteiger partial charge on any atom is -0.410 e. The molecule has 4 N–H and O–H groups in total. The molecule has 210 valence electrons. The number of carbonyl (C=O) groups excluding carboxylic acids is 3. The Hall–Kier alpha value is -2.97. The van der Waals surface area contributed by atoms with E-state index in [1.807, 2.05) is 27.7 Å². The lowest BCUT2D eigenvalue weighted by atomic mass is 9.82. The molecule has 2 atom stereocenters. The van der Waals surface area contributed by atoms with Crippen LogP contribution in [0.1, 0.15) is 53.7 Å². The van der Waals surface area contributed by atoms with Gasteiger partial charge in [-0.05, 0) is 72.0 Å². The average molecular weight is 623 g/mol. The van der Waals surface area contributed by atoms with Gasteiger partial charge in [-0.25, -0.2) is 4.79 Å². The molecule has 0 saturated heterocycles. The summed E-state index contributed by atoms with van der Waals surface area (Å²) in [6.45, 7) is 7.71. The molecule has 0 radical (unpaired) electrons. The Morgan fingerprint density at radius 1 is 0.950 bits per heavy atom.